The average molecular weight is 328 g/mol. The average Bonchev–Trinajstić information content (AvgIpc) is 3.06. The lowest BCUT2D eigenvalue weighted by atomic mass is 10.2. The number of hydrogen-bond donors (Lipinski definition) is 1. The molecular formula is C18H14F2N2O2. The van der Waals surface area contributed by atoms with Crippen LogP contribution in [0.2, 0.25) is 0 Å². The van der Waals surface area contributed by atoms with Gasteiger partial charge < -0.3 is 9.73 Å². The minimum absolute atomic E-state index is 0.119. The highest BCUT2D eigenvalue weighted by molar-refractivity contribution is 5.90. The van der Waals surface area contributed by atoms with Gasteiger partial charge in [-0.15, -0.1) is 0 Å². The molecule has 0 unspecified atom stereocenters. The molecule has 3 rings (SSSR count). The van der Waals surface area contributed by atoms with E-state index in [0.29, 0.717) is 18.1 Å². The van der Waals surface area contributed by atoms with Crippen molar-refractivity contribution in [3.05, 3.63) is 72.3 Å². The summed E-state index contributed by atoms with van der Waals surface area (Å²) in [5.74, 6) is -1.23. The van der Waals surface area contributed by atoms with Crippen LogP contribution in [0.4, 0.5) is 14.5 Å². The van der Waals surface area contributed by atoms with E-state index < -0.39 is 11.6 Å². The third-order valence-electron chi connectivity index (χ3n) is 3.38. The summed E-state index contributed by atoms with van der Waals surface area (Å²) in [5, 5.41) is 2.50. The molecule has 1 heterocycles. The van der Waals surface area contributed by atoms with Crippen molar-refractivity contribution in [3.8, 4) is 11.3 Å². The fourth-order valence-electron chi connectivity index (χ4n) is 2.18. The van der Waals surface area contributed by atoms with E-state index in [1.54, 1.807) is 6.20 Å². The number of rotatable bonds is 5. The Labute approximate surface area is 137 Å². The third-order valence-corrected chi connectivity index (χ3v) is 3.38. The van der Waals surface area contributed by atoms with Gasteiger partial charge in [0, 0.05) is 30.2 Å². The molecule has 122 valence electrons. The summed E-state index contributed by atoms with van der Waals surface area (Å²) in [6, 6.07) is 12.7. The van der Waals surface area contributed by atoms with Crippen molar-refractivity contribution >= 4 is 11.6 Å². The maximum Gasteiger partial charge on any atom is 0.224 e. The number of aryl methyl sites for hydroxylation is 1. The summed E-state index contributed by atoms with van der Waals surface area (Å²) in [4.78, 5) is 16.0. The van der Waals surface area contributed by atoms with Gasteiger partial charge >= 0.3 is 0 Å². The molecule has 0 aliphatic carbocycles. The maximum absolute atomic E-state index is 13.1. The molecule has 2 aromatic carbocycles. The van der Waals surface area contributed by atoms with Crippen molar-refractivity contribution in [1.82, 2.24) is 4.98 Å². The number of halogens is 2. The van der Waals surface area contributed by atoms with E-state index in [4.69, 9.17) is 4.42 Å². The summed E-state index contributed by atoms with van der Waals surface area (Å²) in [6.07, 6.45) is 2.04. The smallest absolute Gasteiger partial charge is 0.224 e. The van der Waals surface area contributed by atoms with Crippen LogP contribution < -0.4 is 5.32 Å². The summed E-state index contributed by atoms with van der Waals surface area (Å²) in [7, 11) is 0. The Balaban J connectivity index is 1.56. The molecule has 0 atom stereocenters. The Morgan fingerprint density at radius 1 is 1.08 bits per heavy atom. The minimum atomic E-state index is -1.01. The molecule has 4 nitrogen and oxygen atoms in total. The zero-order chi connectivity index (χ0) is 16.9. The lowest BCUT2D eigenvalue weighted by Gasteiger charge is -2.04. The predicted octanol–water partition coefficient (Wildman–Crippen LogP) is 4.19. The summed E-state index contributed by atoms with van der Waals surface area (Å²) >= 11 is 0. The van der Waals surface area contributed by atoms with Crippen molar-refractivity contribution in [2.45, 2.75) is 12.8 Å². The van der Waals surface area contributed by atoms with Crippen molar-refractivity contribution in [3.63, 3.8) is 0 Å². The lowest BCUT2D eigenvalue weighted by Crippen LogP contribution is -2.12. The van der Waals surface area contributed by atoms with E-state index in [1.165, 1.54) is 6.07 Å². The van der Waals surface area contributed by atoms with Gasteiger partial charge in [-0.1, -0.05) is 30.3 Å². The van der Waals surface area contributed by atoms with Crippen LogP contribution >= 0.6 is 0 Å². The van der Waals surface area contributed by atoms with Crippen molar-refractivity contribution in [2.24, 2.45) is 0 Å². The van der Waals surface area contributed by atoms with Gasteiger partial charge in [0.05, 0.1) is 6.20 Å². The molecule has 0 bridgehead atoms. The first kappa shape index (κ1) is 15.9. The first-order chi connectivity index (χ1) is 11.6. The van der Waals surface area contributed by atoms with E-state index in [-0.39, 0.29) is 18.0 Å². The van der Waals surface area contributed by atoms with Gasteiger partial charge in [0.1, 0.15) is 0 Å². The Morgan fingerprint density at radius 2 is 1.88 bits per heavy atom. The molecule has 1 amide bonds. The minimum Gasteiger partial charge on any atom is -0.441 e. The van der Waals surface area contributed by atoms with Gasteiger partial charge in [0.2, 0.25) is 5.91 Å². The van der Waals surface area contributed by atoms with Crippen LogP contribution in [-0.4, -0.2) is 10.9 Å². The monoisotopic (exact) mass is 328 g/mol. The summed E-state index contributed by atoms with van der Waals surface area (Å²) in [5.41, 5.74) is 1.11. The Hall–Kier alpha value is -3.02. The van der Waals surface area contributed by atoms with Crippen LogP contribution in [-0.2, 0) is 11.2 Å². The molecular weight excluding hydrogens is 314 g/mol. The fraction of sp³-hybridized carbons (Fsp3) is 0.111. The summed E-state index contributed by atoms with van der Waals surface area (Å²) in [6.45, 7) is 0. The highest BCUT2D eigenvalue weighted by Gasteiger charge is 2.10. The molecule has 1 N–H and O–H groups in total. The first-order valence-electron chi connectivity index (χ1n) is 7.37. The second-order valence-electron chi connectivity index (χ2n) is 5.16. The van der Waals surface area contributed by atoms with E-state index in [9.17, 15) is 13.6 Å². The summed E-state index contributed by atoms with van der Waals surface area (Å²) < 4.78 is 31.5. The molecule has 0 aliphatic heterocycles. The second kappa shape index (κ2) is 7.04. The van der Waals surface area contributed by atoms with Crippen LogP contribution in [0.5, 0.6) is 0 Å². The van der Waals surface area contributed by atoms with E-state index in [1.807, 2.05) is 30.3 Å². The SMILES string of the molecule is O=C(CCc1ncc(-c2ccccc2)o1)Nc1ccc(F)c(F)c1. The molecule has 24 heavy (non-hydrogen) atoms. The molecule has 0 spiro atoms. The lowest BCUT2D eigenvalue weighted by molar-refractivity contribution is -0.116. The number of carbonyl (C=O) groups excluding carboxylic acids is 1. The Bertz CT molecular complexity index is 847. The quantitative estimate of drug-likeness (QED) is 0.764. The molecule has 0 radical (unpaired) electrons. The number of oxazole rings is 1. The number of anilines is 1. The normalized spacial score (nSPS) is 10.6. The van der Waals surface area contributed by atoms with Crippen LogP contribution in [0.1, 0.15) is 12.3 Å². The van der Waals surface area contributed by atoms with Crippen molar-refractivity contribution in [1.29, 1.82) is 0 Å². The number of hydrogen-bond acceptors (Lipinski definition) is 3. The molecule has 0 saturated carbocycles. The van der Waals surface area contributed by atoms with E-state index in [0.717, 1.165) is 17.7 Å². The highest BCUT2D eigenvalue weighted by atomic mass is 19.2. The largest absolute Gasteiger partial charge is 0.441 e. The number of aromatic nitrogens is 1. The standard InChI is InChI=1S/C18H14F2N2O2/c19-14-7-6-13(10-15(14)20)22-17(23)8-9-18-21-11-16(24-18)12-4-2-1-3-5-12/h1-7,10-11H,8-9H2,(H,22,23). The molecule has 0 saturated heterocycles. The van der Waals surface area contributed by atoms with Gasteiger partial charge in [-0.05, 0) is 12.1 Å². The zero-order valence-electron chi connectivity index (χ0n) is 12.6. The molecule has 3 aromatic rings. The van der Waals surface area contributed by atoms with E-state index in [2.05, 4.69) is 10.3 Å². The predicted molar refractivity (Wildman–Crippen MR) is 85.2 cm³/mol. The van der Waals surface area contributed by atoms with Crippen LogP contribution in [0.25, 0.3) is 11.3 Å². The van der Waals surface area contributed by atoms with Gasteiger partial charge in [0.15, 0.2) is 23.3 Å². The van der Waals surface area contributed by atoms with Gasteiger partial charge in [-0.2, -0.15) is 0 Å². The zero-order valence-corrected chi connectivity index (χ0v) is 12.6. The number of nitrogens with one attached hydrogen (secondary N) is 1. The maximum atomic E-state index is 13.1. The molecule has 0 fully saturated rings. The van der Waals surface area contributed by atoms with Gasteiger partial charge in [-0.3, -0.25) is 4.79 Å². The van der Waals surface area contributed by atoms with Gasteiger partial charge in [-0.25, -0.2) is 13.8 Å². The molecule has 6 heteroatoms. The topological polar surface area (TPSA) is 55.1 Å². The third kappa shape index (κ3) is 3.84. The fourth-order valence-corrected chi connectivity index (χ4v) is 2.18. The van der Waals surface area contributed by atoms with Crippen molar-refractivity contribution in [2.75, 3.05) is 5.32 Å². The number of carbonyl (C=O) groups is 1. The molecule has 1 aromatic heterocycles. The second-order valence-corrected chi connectivity index (χ2v) is 5.16. The first-order valence-corrected chi connectivity index (χ1v) is 7.37. The van der Waals surface area contributed by atoms with Crippen molar-refractivity contribution < 1.29 is 18.0 Å². The highest BCUT2D eigenvalue weighted by Crippen LogP contribution is 2.20. The van der Waals surface area contributed by atoms with Crippen LogP contribution in [0.15, 0.2) is 59.1 Å². The Morgan fingerprint density at radius 3 is 2.62 bits per heavy atom. The number of amides is 1. The van der Waals surface area contributed by atoms with Crippen LogP contribution in [0, 0.1) is 11.6 Å². The van der Waals surface area contributed by atoms with E-state index >= 15 is 0 Å². The van der Waals surface area contributed by atoms with Gasteiger partial charge in [0.25, 0.3) is 0 Å². The number of nitrogens with zero attached hydrogens (tertiary/aromatic N) is 1. The Kier molecular flexibility index (Phi) is 4.65. The van der Waals surface area contributed by atoms with Crippen LogP contribution in [0.3, 0.4) is 0 Å². The molecule has 0 aliphatic rings. The number of benzene rings is 2.